The summed E-state index contributed by atoms with van der Waals surface area (Å²) in [4.78, 5) is 0. The molecule has 1 saturated heterocycles. The van der Waals surface area contributed by atoms with Crippen molar-refractivity contribution in [3.8, 4) is 0 Å². The molecule has 1 aromatic rings. The van der Waals surface area contributed by atoms with Crippen LogP contribution < -0.4 is 0 Å². The summed E-state index contributed by atoms with van der Waals surface area (Å²) in [5.41, 5.74) is 1.33. The largest absolute Gasteiger partial charge is 0.396 e. The summed E-state index contributed by atoms with van der Waals surface area (Å²) in [6, 6.07) is 10.5. The van der Waals surface area contributed by atoms with Crippen LogP contribution in [-0.4, -0.2) is 39.6 Å². The molecule has 0 bridgehead atoms. The molecule has 2 rings (SSSR count). The van der Waals surface area contributed by atoms with Gasteiger partial charge in [0.25, 0.3) is 0 Å². The Morgan fingerprint density at radius 2 is 1.95 bits per heavy atom. The smallest absolute Gasteiger partial charge is 0.0910 e. The molecule has 0 saturated carbocycles. The minimum absolute atomic E-state index is 0.236. The monoisotopic (exact) mass is 281 g/mol. The normalized spacial score (nSPS) is 21.2. The SMILES string of the molecule is CS(=O)N1CCC(C(CCO)c2ccccc2)CC1. The molecule has 2 atom stereocenters. The van der Waals surface area contributed by atoms with Crippen molar-refractivity contribution in [1.29, 1.82) is 0 Å². The van der Waals surface area contributed by atoms with Crippen molar-refractivity contribution in [2.24, 2.45) is 5.92 Å². The van der Waals surface area contributed by atoms with Crippen LogP contribution in [0.25, 0.3) is 0 Å². The highest BCUT2D eigenvalue weighted by Gasteiger charge is 2.28. The molecule has 2 unspecified atom stereocenters. The van der Waals surface area contributed by atoms with Gasteiger partial charge in [-0.3, -0.25) is 0 Å². The Bertz CT molecular complexity index is 402. The number of nitrogens with zero attached hydrogens (tertiary/aromatic N) is 1. The first-order valence-corrected chi connectivity index (χ1v) is 8.48. The lowest BCUT2D eigenvalue weighted by molar-refractivity contribution is 0.210. The van der Waals surface area contributed by atoms with E-state index >= 15 is 0 Å². The van der Waals surface area contributed by atoms with Crippen LogP contribution in [0.5, 0.6) is 0 Å². The highest BCUT2D eigenvalue weighted by Crippen LogP contribution is 2.35. The molecule has 0 amide bonds. The second-order valence-corrected chi connectivity index (χ2v) is 6.58. The molecule has 1 fully saturated rings. The maximum Gasteiger partial charge on any atom is 0.0910 e. The number of benzene rings is 1. The van der Waals surface area contributed by atoms with Crippen molar-refractivity contribution < 1.29 is 9.32 Å². The molecule has 0 spiro atoms. The number of rotatable bonds is 5. The Morgan fingerprint density at radius 1 is 1.32 bits per heavy atom. The van der Waals surface area contributed by atoms with Gasteiger partial charge in [-0.25, -0.2) is 8.51 Å². The predicted octanol–water partition coefficient (Wildman–Crippen LogP) is 2.16. The zero-order valence-electron chi connectivity index (χ0n) is 11.5. The van der Waals surface area contributed by atoms with Crippen LogP contribution in [0.2, 0.25) is 0 Å². The second-order valence-electron chi connectivity index (χ2n) is 5.22. The molecule has 3 nitrogen and oxygen atoms in total. The molecule has 1 aromatic carbocycles. The number of piperidine rings is 1. The fourth-order valence-electron chi connectivity index (χ4n) is 3.05. The maximum atomic E-state index is 11.5. The molecule has 1 aliphatic rings. The standard InChI is InChI=1S/C15H23NO2S/c1-19(18)16-10-7-14(8-11-16)15(9-12-17)13-5-3-2-4-6-13/h2-6,14-15,17H,7-12H2,1H3. The van der Waals surface area contributed by atoms with Gasteiger partial charge in [0.2, 0.25) is 0 Å². The average Bonchev–Trinajstić information content (AvgIpc) is 2.46. The Hall–Kier alpha value is -0.710. The van der Waals surface area contributed by atoms with E-state index in [0.29, 0.717) is 11.8 Å². The van der Waals surface area contributed by atoms with Gasteiger partial charge in [0.1, 0.15) is 0 Å². The van der Waals surface area contributed by atoms with Gasteiger partial charge in [-0.15, -0.1) is 0 Å². The fraction of sp³-hybridized carbons (Fsp3) is 0.600. The Balaban J connectivity index is 2.03. The number of hydrogen-bond acceptors (Lipinski definition) is 2. The number of aliphatic hydroxyl groups is 1. The lowest BCUT2D eigenvalue weighted by Crippen LogP contribution is -2.36. The van der Waals surface area contributed by atoms with Crippen LogP contribution in [0.3, 0.4) is 0 Å². The summed E-state index contributed by atoms with van der Waals surface area (Å²) < 4.78 is 13.5. The molecule has 0 aliphatic carbocycles. The van der Waals surface area contributed by atoms with E-state index in [0.717, 1.165) is 32.4 Å². The van der Waals surface area contributed by atoms with Crippen LogP contribution in [0.4, 0.5) is 0 Å². The zero-order valence-corrected chi connectivity index (χ0v) is 12.3. The first-order valence-electron chi connectivity index (χ1n) is 6.96. The van der Waals surface area contributed by atoms with Crippen LogP contribution in [0.15, 0.2) is 30.3 Å². The molecule has 19 heavy (non-hydrogen) atoms. The van der Waals surface area contributed by atoms with Crippen LogP contribution >= 0.6 is 0 Å². The zero-order chi connectivity index (χ0) is 13.7. The molecular formula is C15H23NO2S. The van der Waals surface area contributed by atoms with Crippen LogP contribution in [0, 0.1) is 5.92 Å². The summed E-state index contributed by atoms with van der Waals surface area (Å²) in [5, 5.41) is 9.31. The van der Waals surface area contributed by atoms with Crippen molar-refractivity contribution >= 4 is 11.0 Å². The highest BCUT2D eigenvalue weighted by atomic mass is 32.2. The Labute approximate surface area is 118 Å². The van der Waals surface area contributed by atoms with E-state index in [1.54, 1.807) is 6.26 Å². The predicted molar refractivity (Wildman–Crippen MR) is 79.2 cm³/mol. The summed E-state index contributed by atoms with van der Waals surface area (Å²) in [6.07, 6.45) is 4.71. The lowest BCUT2D eigenvalue weighted by atomic mass is 9.79. The van der Waals surface area contributed by atoms with Gasteiger partial charge in [0.05, 0.1) is 11.0 Å². The van der Waals surface area contributed by atoms with E-state index < -0.39 is 11.0 Å². The van der Waals surface area contributed by atoms with Gasteiger partial charge in [-0.1, -0.05) is 30.3 Å². The highest BCUT2D eigenvalue weighted by molar-refractivity contribution is 7.81. The molecule has 0 radical (unpaired) electrons. The summed E-state index contributed by atoms with van der Waals surface area (Å²) in [6.45, 7) is 2.05. The van der Waals surface area contributed by atoms with E-state index in [2.05, 4.69) is 24.3 Å². The van der Waals surface area contributed by atoms with Gasteiger partial charge < -0.3 is 5.11 Å². The van der Waals surface area contributed by atoms with Gasteiger partial charge in [-0.05, 0) is 36.7 Å². The van der Waals surface area contributed by atoms with Crippen molar-refractivity contribution in [3.63, 3.8) is 0 Å². The van der Waals surface area contributed by atoms with E-state index in [9.17, 15) is 9.32 Å². The summed E-state index contributed by atoms with van der Waals surface area (Å²) in [5.74, 6) is 1.02. The molecular weight excluding hydrogens is 258 g/mol. The third-order valence-electron chi connectivity index (χ3n) is 4.10. The lowest BCUT2D eigenvalue weighted by Gasteiger charge is -2.35. The van der Waals surface area contributed by atoms with E-state index in [-0.39, 0.29) is 6.61 Å². The molecule has 1 heterocycles. The Morgan fingerprint density at radius 3 is 2.47 bits per heavy atom. The molecule has 1 aliphatic heterocycles. The van der Waals surface area contributed by atoms with E-state index in [1.807, 2.05) is 10.4 Å². The maximum absolute atomic E-state index is 11.5. The third-order valence-corrected chi connectivity index (χ3v) is 5.19. The van der Waals surface area contributed by atoms with Crippen LogP contribution in [-0.2, 0) is 11.0 Å². The van der Waals surface area contributed by atoms with Gasteiger partial charge in [0, 0.05) is 26.0 Å². The summed E-state index contributed by atoms with van der Waals surface area (Å²) >= 11 is 0. The third kappa shape index (κ3) is 3.88. The van der Waals surface area contributed by atoms with Crippen LogP contribution in [0.1, 0.15) is 30.7 Å². The average molecular weight is 281 g/mol. The minimum atomic E-state index is -0.844. The van der Waals surface area contributed by atoms with Crippen molar-refractivity contribution in [2.75, 3.05) is 26.0 Å². The van der Waals surface area contributed by atoms with Crippen molar-refractivity contribution in [2.45, 2.75) is 25.2 Å². The first kappa shape index (κ1) is 14.7. The van der Waals surface area contributed by atoms with Gasteiger partial charge in [0.15, 0.2) is 0 Å². The van der Waals surface area contributed by atoms with E-state index in [4.69, 9.17) is 0 Å². The topological polar surface area (TPSA) is 40.5 Å². The van der Waals surface area contributed by atoms with Gasteiger partial charge >= 0.3 is 0 Å². The fourth-order valence-corrected chi connectivity index (χ4v) is 3.77. The summed E-state index contributed by atoms with van der Waals surface area (Å²) in [7, 11) is -0.844. The van der Waals surface area contributed by atoms with Crippen molar-refractivity contribution in [3.05, 3.63) is 35.9 Å². The van der Waals surface area contributed by atoms with E-state index in [1.165, 1.54) is 5.56 Å². The molecule has 4 heteroatoms. The molecule has 1 N–H and O–H groups in total. The molecule has 0 aromatic heterocycles. The first-order chi connectivity index (χ1) is 9.22. The number of aliphatic hydroxyl groups excluding tert-OH is 1. The Kier molecular flexibility index (Phi) is 5.55. The minimum Gasteiger partial charge on any atom is -0.396 e. The number of hydrogen-bond donors (Lipinski definition) is 1. The molecule has 106 valence electrons. The second kappa shape index (κ2) is 7.17. The quantitative estimate of drug-likeness (QED) is 0.898. The van der Waals surface area contributed by atoms with Gasteiger partial charge in [-0.2, -0.15) is 0 Å². The van der Waals surface area contributed by atoms with Crippen molar-refractivity contribution in [1.82, 2.24) is 4.31 Å².